The normalized spacial score (nSPS) is 13.0. The van der Waals surface area contributed by atoms with Gasteiger partial charge in [-0.3, -0.25) is 4.79 Å². The van der Waals surface area contributed by atoms with Gasteiger partial charge in [-0.1, -0.05) is 30.3 Å². The molecule has 0 bridgehead atoms. The molecule has 2 aromatic rings. The highest BCUT2D eigenvalue weighted by atomic mass is 16.2. The van der Waals surface area contributed by atoms with Crippen LogP contribution < -0.4 is 5.32 Å². The first-order chi connectivity index (χ1) is 8.97. The first-order valence-corrected chi connectivity index (χ1v) is 6.18. The molecule has 0 saturated heterocycles. The molecule has 5 nitrogen and oxygen atoms in total. The second kappa shape index (κ2) is 5.22. The van der Waals surface area contributed by atoms with E-state index in [-0.39, 0.29) is 11.4 Å². The Morgan fingerprint density at radius 2 is 1.95 bits per heavy atom. The summed E-state index contributed by atoms with van der Waals surface area (Å²) in [6.07, 6.45) is 2.99. The number of amides is 1. The number of carbonyl (C=O) groups is 1. The number of nitrogens with zero attached hydrogens (tertiary/aromatic N) is 3. The van der Waals surface area contributed by atoms with Crippen molar-refractivity contribution in [2.45, 2.75) is 32.4 Å². The van der Waals surface area contributed by atoms with Gasteiger partial charge in [0.25, 0.3) is 0 Å². The zero-order valence-electron chi connectivity index (χ0n) is 11.4. The lowest BCUT2D eigenvalue weighted by atomic mass is 10.0. The summed E-state index contributed by atoms with van der Waals surface area (Å²) in [5.41, 5.74) is 0.597. The molecule has 0 saturated carbocycles. The molecular formula is C14H18N4O. The molecular weight excluding hydrogens is 240 g/mol. The summed E-state index contributed by atoms with van der Waals surface area (Å²) < 4.78 is 1.57. The maximum absolute atomic E-state index is 12.5. The summed E-state index contributed by atoms with van der Waals surface area (Å²) in [7, 11) is 0. The third-order valence-corrected chi connectivity index (χ3v) is 2.56. The van der Waals surface area contributed by atoms with Gasteiger partial charge in [-0.05, 0) is 26.3 Å². The van der Waals surface area contributed by atoms with Crippen molar-refractivity contribution < 1.29 is 4.79 Å². The molecule has 0 aliphatic rings. The number of rotatable bonds is 3. The van der Waals surface area contributed by atoms with E-state index < -0.39 is 6.04 Å². The first kappa shape index (κ1) is 13.3. The van der Waals surface area contributed by atoms with Crippen LogP contribution in [0.1, 0.15) is 32.4 Å². The summed E-state index contributed by atoms with van der Waals surface area (Å²) in [6, 6.07) is 9.06. The average molecular weight is 258 g/mol. The monoisotopic (exact) mass is 258 g/mol. The molecule has 0 radical (unpaired) electrons. The van der Waals surface area contributed by atoms with Crippen molar-refractivity contribution in [3.8, 4) is 0 Å². The van der Waals surface area contributed by atoms with E-state index in [1.165, 1.54) is 6.33 Å². The molecule has 1 N–H and O–H groups in total. The van der Waals surface area contributed by atoms with Crippen LogP contribution in [0, 0.1) is 0 Å². The fraction of sp³-hybridized carbons (Fsp3) is 0.357. The smallest absolute Gasteiger partial charge is 0.249 e. The van der Waals surface area contributed by atoms with E-state index in [0.717, 1.165) is 5.56 Å². The van der Waals surface area contributed by atoms with Crippen molar-refractivity contribution in [2.24, 2.45) is 0 Å². The fourth-order valence-electron chi connectivity index (χ4n) is 1.85. The molecule has 1 amide bonds. The van der Waals surface area contributed by atoms with Gasteiger partial charge in [0.05, 0.1) is 0 Å². The highest BCUT2D eigenvalue weighted by Gasteiger charge is 2.26. The summed E-state index contributed by atoms with van der Waals surface area (Å²) in [6.45, 7) is 5.86. The van der Waals surface area contributed by atoms with Crippen LogP contribution in [0.2, 0.25) is 0 Å². The van der Waals surface area contributed by atoms with Crippen LogP contribution in [0.3, 0.4) is 0 Å². The number of benzene rings is 1. The van der Waals surface area contributed by atoms with E-state index in [1.807, 2.05) is 51.1 Å². The summed E-state index contributed by atoms with van der Waals surface area (Å²) in [4.78, 5) is 16.4. The second-order valence-electron chi connectivity index (χ2n) is 5.43. The number of aromatic nitrogens is 3. The van der Waals surface area contributed by atoms with Gasteiger partial charge in [0.1, 0.15) is 12.7 Å². The fourth-order valence-corrected chi connectivity index (χ4v) is 1.85. The van der Waals surface area contributed by atoms with Crippen molar-refractivity contribution in [2.75, 3.05) is 0 Å². The van der Waals surface area contributed by atoms with E-state index in [2.05, 4.69) is 15.4 Å². The quantitative estimate of drug-likeness (QED) is 0.913. The Labute approximate surface area is 112 Å². The Kier molecular flexibility index (Phi) is 3.64. The predicted molar refractivity (Wildman–Crippen MR) is 72.5 cm³/mol. The number of hydrogen-bond acceptors (Lipinski definition) is 3. The number of nitrogens with one attached hydrogen (secondary N) is 1. The van der Waals surface area contributed by atoms with Crippen molar-refractivity contribution in [3.63, 3.8) is 0 Å². The minimum absolute atomic E-state index is 0.0933. The van der Waals surface area contributed by atoms with Crippen LogP contribution in [0.5, 0.6) is 0 Å². The molecule has 2 rings (SSSR count). The molecule has 0 fully saturated rings. The highest BCUT2D eigenvalue weighted by Crippen LogP contribution is 2.18. The van der Waals surface area contributed by atoms with Crippen LogP contribution in [-0.2, 0) is 4.79 Å². The first-order valence-electron chi connectivity index (χ1n) is 6.18. The van der Waals surface area contributed by atoms with Gasteiger partial charge in [0, 0.05) is 5.54 Å². The molecule has 0 spiro atoms. The molecule has 5 heteroatoms. The molecule has 1 aromatic heterocycles. The van der Waals surface area contributed by atoms with E-state index in [0.29, 0.717) is 0 Å². The highest BCUT2D eigenvalue weighted by molar-refractivity contribution is 5.84. The minimum Gasteiger partial charge on any atom is -0.349 e. The Morgan fingerprint density at radius 3 is 2.47 bits per heavy atom. The van der Waals surface area contributed by atoms with Crippen molar-refractivity contribution in [1.29, 1.82) is 0 Å². The molecule has 100 valence electrons. The van der Waals surface area contributed by atoms with Crippen molar-refractivity contribution in [1.82, 2.24) is 20.1 Å². The third kappa shape index (κ3) is 3.40. The Hall–Kier alpha value is -2.17. The molecule has 1 atom stereocenters. The zero-order chi connectivity index (χ0) is 13.9. The molecule has 0 aliphatic carbocycles. The second-order valence-corrected chi connectivity index (χ2v) is 5.43. The lowest BCUT2D eigenvalue weighted by Gasteiger charge is -2.25. The SMILES string of the molecule is CC(C)(C)NC(=O)C(c1ccccc1)n1cncn1. The number of hydrogen-bond donors (Lipinski definition) is 1. The van der Waals surface area contributed by atoms with Gasteiger partial charge < -0.3 is 5.32 Å². The lowest BCUT2D eigenvalue weighted by molar-refractivity contribution is -0.124. The van der Waals surface area contributed by atoms with Crippen LogP contribution in [0.25, 0.3) is 0 Å². The van der Waals surface area contributed by atoms with E-state index in [9.17, 15) is 4.79 Å². The van der Waals surface area contributed by atoms with Crippen LogP contribution in [0.4, 0.5) is 0 Å². The van der Waals surface area contributed by atoms with Gasteiger partial charge >= 0.3 is 0 Å². The molecule has 1 aromatic carbocycles. The zero-order valence-corrected chi connectivity index (χ0v) is 11.4. The summed E-state index contributed by atoms with van der Waals surface area (Å²) >= 11 is 0. The summed E-state index contributed by atoms with van der Waals surface area (Å²) in [5, 5.41) is 7.07. The Bertz CT molecular complexity index is 528. The van der Waals surface area contributed by atoms with Crippen LogP contribution in [0.15, 0.2) is 43.0 Å². The van der Waals surface area contributed by atoms with Crippen LogP contribution in [-0.4, -0.2) is 26.2 Å². The molecule has 1 heterocycles. The largest absolute Gasteiger partial charge is 0.349 e. The predicted octanol–water partition coefficient (Wildman–Crippen LogP) is 1.78. The van der Waals surface area contributed by atoms with E-state index in [4.69, 9.17) is 0 Å². The van der Waals surface area contributed by atoms with Gasteiger partial charge in [-0.15, -0.1) is 0 Å². The lowest BCUT2D eigenvalue weighted by Crippen LogP contribution is -2.44. The third-order valence-electron chi connectivity index (χ3n) is 2.56. The topological polar surface area (TPSA) is 59.8 Å². The van der Waals surface area contributed by atoms with Gasteiger partial charge in [-0.25, -0.2) is 9.67 Å². The Balaban J connectivity index is 2.34. The maximum Gasteiger partial charge on any atom is 0.249 e. The maximum atomic E-state index is 12.5. The van der Waals surface area contributed by atoms with Gasteiger partial charge in [-0.2, -0.15) is 5.10 Å². The summed E-state index contributed by atoms with van der Waals surface area (Å²) in [5.74, 6) is -0.0933. The molecule has 0 aliphatic heterocycles. The van der Waals surface area contributed by atoms with Gasteiger partial charge in [0.15, 0.2) is 6.04 Å². The number of carbonyl (C=O) groups excluding carboxylic acids is 1. The van der Waals surface area contributed by atoms with Crippen LogP contribution >= 0.6 is 0 Å². The Morgan fingerprint density at radius 1 is 1.26 bits per heavy atom. The average Bonchev–Trinajstić information content (AvgIpc) is 2.82. The standard InChI is InChI=1S/C14H18N4O/c1-14(2,3)17-13(19)12(18-10-15-9-16-18)11-7-5-4-6-8-11/h4-10,12H,1-3H3,(H,17,19). The minimum atomic E-state index is -0.497. The molecule has 19 heavy (non-hydrogen) atoms. The van der Waals surface area contributed by atoms with Gasteiger partial charge in [0.2, 0.25) is 5.91 Å². The van der Waals surface area contributed by atoms with E-state index in [1.54, 1.807) is 11.0 Å². The van der Waals surface area contributed by atoms with E-state index >= 15 is 0 Å². The molecule has 1 unspecified atom stereocenters. The van der Waals surface area contributed by atoms with Crippen molar-refractivity contribution >= 4 is 5.91 Å². The van der Waals surface area contributed by atoms with Crippen molar-refractivity contribution in [3.05, 3.63) is 48.5 Å².